The van der Waals surface area contributed by atoms with Gasteiger partial charge in [-0.3, -0.25) is 9.89 Å². The molecule has 100 valence electrons. The molecule has 2 aromatic rings. The van der Waals surface area contributed by atoms with Crippen LogP contribution in [0.5, 0.6) is 5.75 Å². The van der Waals surface area contributed by atoms with Crippen LogP contribution >= 0.6 is 0 Å². The molecule has 1 aromatic carbocycles. The molecule has 0 atom stereocenters. The molecule has 2 rings (SSSR count). The molecule has 3 N–H and O–H groups in total. The number of hydrogen-bond acceptors (Lipinski definition) is 3. The van der Waals surface area contributed by atoms with Crippen molar-refractivity contribution in [3.8, 4) is 5.75 Å². The van der Waals surface area contributed by atoms with Crippen molar-refractivity contribution >= 4 is 11.7 Å². The van der Waals surface area contributed by atoms with E-state index in [9.17, 15) is 14.3 Å². The predicted octanol–water partition coefficient (Wildman–Crippen LogP) is 2.46. The van der Waals surface area contributed by atoms with Crippen LogP contribution in [0.4, 0.5) is 10.2 Å². The smallest absolute Gasteiger partial charge is 0.260 e. The van der Waals surface area contributed by atoms with Crippen molar-refractivity contribution in [1.82, 2.24) is 10.2 Å². The van der Waals surface area contributed by atoms with E-state index in [1.807, 2.05) is 6.92 Å². The number of amides is 1. The SMILES string of the molecule is CCCc1cc(NC(=O)c2cc(F)ccc2O)n[nH]1. The minimum Gasteiger partial charge on any atom is -0.507 e. The minimum atomic E-state index is -0.605. The quantitative estimate of drug-likeness (QED) is 0.792. The van der Waals surface area contributed by atoms with Gasteiger partial charge in [0.2, 0.25) is 0 Å². The molecule has 0 fully saturated rings. The van der Waals surface area contributed by atoms with Gasteiger partial charge >= 0.3 is 0 Å². The Morgan fingerprint density at radius 2 is 2.26 bits per heavy atom. The van der Waals surface area contributed by atoms with Crippen LogP contribution in [-0.4, -0.2) is 21.2 Å². The molecule has 5 nitrogen and oxygen atoms in total. The molecule has 0 spiro atoms. The van der Waals surface area contributed by atoms with Gasteiger partial charge in [-0.25, -0.2) is 4.39 Å². The second kappa shape index (κ2) is 5.51. The van der Waals surface area contributed by atoms with Crippen LogP contribution in [0, 0.1) is 5.82 Å². The fraction of sp³-hybridized carbons (Fsp3) is 0.231. The number of aromatic amines is 1. The number of hydrogen-bond donors (Lipinski definition) is 3. The summed E-state index contributed by atoms with van der Waals surface area (Å²) in [5.41, 5.74) is 0.779. The second-order valence-corrected chi connectivity index (χ2v) is 4.14. The largest absolute Gasteiger partial charge is 0.507 e. The van der Waals surface area contributed by atoms with Gasteiger partial charge in [0.15, 0.2) is 5.82 Å². The molecule has 0 aliphatic carbocycles. The van der Waals surface area contributed by atoms with E-state index < -0.39 is 11.7 Å². The number of aryl methyl sites for hydroxylation is 1. The normalized spacial score (nSPS) is 10.4. The zero-order valence-corrected chi connectivity index (χ0v) is 10.4. The molecule has 19 heavy (non-hydrogen) atoms. The van der Waals surface area contributed by atoms with Gasteiger partial charge in [0, 0.05) is 11.8 Å². The Labute approximate surface area is 109 Å². The number of aromatic nitrogens is 2. The van der Waals surface area contributed by atoms with Gasteiger partial charge < -0.3 is 10.4 Å². The average Bonchev–Trinajstić information content (AvgIpc) is 2.80. The molecule has 0 aliphatic rings. The summed E-state index contributed by atoms with van der Waals surface area (Å²) < 4.78 is 13.0. The Kier molecular flexibility index (Phi) is 3.79. The van der Waals surface area contributed by atoms with Crippen LogP contribution in [-0.2, 0) is 6.42 Å². The number of nitrogens with one attached hydrogen (secondary N) is 2. The molecule has 0 bridgehead atoms. The Morgan fingerprint density at radius 3 is 3.00 bits per heavy atom. The van der Waals surface area contributed by atoms with Crippen LogP contribution in [0.25, 0.3) is 0 Å². The van der Waals surface area contributed by atoms with Gasteiger partial charge in [0.1, 0.15) is 11.6 Å². The first-order valence-corrected chi connectivity index (χ1v) is 5.94. The van der Waals surface area contributed by atoms with Crippen molar-refractivity contribution in [2.24, 2.45) is 0 Å². The van der Waals surface area contributed by atoms with E-state index in [4.69, 9.17) is 0 Å². The van der Waals surface area contributed by atoms with Gasteiger partial charge in [0.25, 0.3) is 5.91 Å². The van der Waals surface area contributed by atoms with E-state index in [0.717, 1.165) is 36.7 Å². The van der Waals surface area contributed by atoms with E-state index in [1.54, 1.807) is 6.07 Å². The number of phenolic OH excluding ortho intramolecular Hbond substituents is 1. The highest BCUT2D eigenvalue weighted by Gasteiger charge is 2.13. The highest BCUT2D eigenvalue weighted by molar-refractivity contribution is 6.05. The summed E-state index contributed by atoms with van der Waals surface area (Å²) >= 11 is 0. The molecular weight excluding hydrogens is 249 g/mol. The summed E-state index contributed by atoms with van der Waals surface area (Å²) in [5.74, 6) is -1.12. The van der Waals surface area contributed by atoms with Gasteiger partial charge in [0.05, 0.1) is 5.56 Å². The number of carbonyl (C=O) groups excluding carboxylic acids is 1. The van der Waals surface area contributed by atoms with E-state index in [-0.39, 0.29) is 11.3 Å². The third kappa shape index (κ3) is 3.09. The Morgan fingerprint density at radius 1 is 1.47 bits per heavy atom. The first kappa shape index (κ1) is 13.1. The third-order valence-corrected chi connectivity index (χ3v) is 2.60. The minimum absolute atomic E-state index is 0.125. The lowest BCUT2D eigenvalue weighted by Gasteiger charge is -2.04. The lowest BCUT2D eigenvalue weighted by atomic mass is 10.2. The lowest BCUT2D eigenvalue weighted by molar-refractivity contribution is 0.102. The maximum absolute atomic E-state index is 13.0. The zero-order valence-electron chi connectivity index (χ0n) is 10.4. The van der Waals surface area contributed by atoms with Crippen molar-refractivity contribution in [1.29, 1.82) is 0 Å². The van der Waals surface area contributed by atoms with Gasteiger partial charge in [-0.05, 0) is 24.6 Å². The number of carbonyl (C=O) groups is 1. The maximum Gasteiger partial charge on any atom is 0.260 e. The van der Waals surface area contributed by atoms with Crippen LogP contribution in [0.15, 0.2) is 24.3 Å². The number of aromatic hydroxyl groups is 1. The van der Waals surface area contributed by atoms with Crippen molar-refractivity contribution < 1.29 is 14.3 Å². The highest BCUT2D eigenvalue weighted by atomic mass is 19.1. The molecule has 1 aromatic heterocycles. The van der Waals surface area contributed by atoms with E-state index in [0.29, 0.717) is 5.82 Å². The zero-order chi connectivity index (χ0) is 13.8. The molecule has 0 aliphatic heterocycles. The summed E-state index contributed by atoms with van der Waals surface area (Å²) in [4.78, 5) is 11.9. The number of phenols is 1. The van der Waals surface area contributed by atoms with Crippen LogP contribution in [0.1, 0.15) is 29.4 Å². The molecule has 0 saturated carbocycles. The molecule has 0 radical (unpaired) electrons. The molecule has 1 amide bonds. The first-order chi connectivity index (χ1) is 9.10. The van der Waals surface area contributed by atoms with Crippen LogP contribution in [0.3, 0.4) is 0 Å². The average molecular weight is 263 g/mol. The maximum atomic E-state index is 13.0. The van der Waals surface area contributed by atoms with Gasteiger partial charge in [-0.2, -0.15) is 5.10 Å². The Balaban J connectivity index is 2.13. The third-order valence-electron chi connectivity index (χ3n) is 2.60. The number of H-pyrrole nitrogens is 1. The first-order valence-electron chi connectivity index (χ1n) is 5.94. The van der Waals surface area contributed by atoms with E-state index in [1.165, 1.54) is 0 Å². The Hall–Kier alpha value is -2.37. The van der Waals surface area contributed by atoms with E-state index >= 15 is 0 Å². The number of halogens is 1. The fourth-order valence-corrected chi connectivity index (χ4v) is 1.70. The lowest BCUT2D eigenvalue weighted by Crippen LogP contribution is -2.12. The molecule has 1 heterocycles. The van der Waals surface area contributed by atoms with Crippen molar-refractivity contribution in [3.63, 3.8) is 0 Å². The van der Waals surface area contributed by atoms with Crippen LogP contribution < -0.4 is 5.32 Å². The summed E-state index contributed by atoms with van der Waals surface area (Å²) in [7, 11) is 0. The van der Waals surface area contributed by atoms with Gasteiger partial charge in [-0.15, -0.1) is 0 Å². The van der Waals surface area contributed by atoms with Crippen LogP contribution in [0.2, 0.25) is 0 Å². The summed E-state index contributed by atoms with van der Waals surface area (Å²) in [6.07, 6.45) is 1.79. The number of anilines is 1. The monoisotopic (exact) mass is 263 g/mol. The predicted molar refractivity (Wildman–Crippen MR) is 68.6 cm³/mol. The fourth-order valence-electron chi connectivity index (χ4n) is 1.70. The van der Waals surface area contributed by atoms with Crippen molar-refractivity contribution in [2.45, 2.75) is 19.8 Å². The standard InChI is InChI=1S/C13H14FN3O2/c1-2-3-9-7-12(17-16-9)15-13(19)10-6-8(14)4-5-11(10)18/h4-7,18H,2-3H2,1H3,(H2,15,16,17,19). The molecular formula is C13H14FN3O2. The number of nitrogens with zero attached hydrogens (tertiary/aromatic N) is 1. The summed E-state index contributed by atoms with van der Waals surface area (Å²) in [5, 5.41) is 18.7. The Bertz CT molecular complexity index is 595. The number of rotatable bonds is 4. The molecule has 0 unspecified atom stereocenters. The molecule has 0 saturated heterocycles. The topological polar surface area (TPSA) is 78.0 Å². The molecule has 6 heteroatoms. The van der Waals surface area contributed by atoms with Gasteiger partial charge in [-0.1, -0.05) is 13.3 Å². The van der Waals surface area contributed by atoms with E-state index in [2.05, 4.69) is 15.5 Å². The number of benzene rings is 1. The summed E-state index contributed by atoms with van der Waals surface area (Å²) in [6.45, 7) is 2.03. The van der Waals surface area contributed by atoms with Crippen molar-refractivity contribution in [2.75, 3.05) is 5.32 Å². The van der Waals surface area contributed by atoms with Crippen molar-refractivity contribution in [3.05, 3.63) is 41.3 Å². The highest BCUT2D eigenvalue weighted by Crippen LogP contribution is 2.19. The summed E-state index contributed by atoms with van der Waals surface area (Å²) in [6, 6.07) is 4.90. The second-order valence-electron chi connectivity index (χ2n) is 4.14.